The van der Waals surface area contributed by atoms with Crippen molar-refractivity contribution < 1.29 is 29.4 Å². The fraction of sp³-hybridized carbons (Fsp3) is 0.355. The predicted octanol–water partition coefficient (Wildman–Crippen LogP) is 2.41. The molecule has 0 fully saturated rings. The Morgan fingerprint density at radius 2 is 0.976 bits per heavy atom. The van der Waals surface area contributed by atoms with E-state index >= 15 is 0 Å². The Bertz CT molecular complexity index is 1130. The smallest absolute Gasteiger partial charge is 0.320 e. The molecule has 10 nitrogen and oxygen atoms in total. The van der Waals surface area contributed by atoms with Gasteiger partial charge in [-0.15, -0.1) is 0 Å². The number of nitrogens with two attached hydrogens (primary N) is 4. The van der Waals surface area contributed by atoms with Crippen LogP contribution >= 0.6 is 0 Å². The van der Waals surface area contributed by atoms with E-state index in [1.807, 2.05) is 48.5 Å². The molecule has 2 aromatic carbocycles. The van der Waals surface area contributed by atoms with Crippen LogP contribution in [0.25, 0.3) is 12.2 Å². The van der Waals surface area contributed by atoms with Crippen molar-refractivity contribution in [2.75, 3.05) is 13.1 Å². The molecule has 0 aliphatic rings. The van der Waals surface area contributed by atoms with Crippen molar-refractivity contribution in [2.24, 2.45) is 22.9 Å². The average Bonchev–Trinajstić information content (AvgIpc) is 2.95. The maximum absolute atomic E-state index is 12.3. The highest BCUT2D eigenvalue weighted by atomic mass is 16.4. The lowest BCUT2D eigenvalue weighted by Crippen LogP contribution is -2.32. The van der Waals surface area contributed by atoms with Crippen LogP contribution in [0.15, 0.2) is 60.7 Å². The van der Waals surface area contributed by atoms with Crippen LogP contribution in [0, 0.1) is 0 Å². The van der Waals surface area contributed by atoms with Gasteiger partial charge in [0.1, 0.15) is 12.1 Å². The molecule has 0 aliphatic carbocycles. The van der Waals surface area contributed by atoms with Crippen molar-refractivity contribution in [3.63, 3.8) is 0 Å². The molecular weight excluding hydrogens is 524 g/mol. The molecule has 10 N–H and O–H groups in total. The highest BCUT2D eigenvalue weighted by Gasteiger charge is 2.21. The van der Waals surface area contributed by atoms with E-state index in [2.05, 4.69) is 0 Å². The first-order chi connectivity index (χ1) is 19.5. The molecule has 0 saturated heterocycles. The monoisotopic (exact) mass is 564 g/mol. The zero-order chi connectivity index (χ0) is 30.4. The Morgan fingerprint density at radius 1 is 0.634 bits per heavy atom. The third-order valence-corrected chi connectivity index (χ3v) is 6.83. The van der Waals surface area contributed by atoms with E-state index in [4.69, 9.17) is 33.1 Å². The summed E-state index contributed by atoms with van der Waals surface area (Å²) in [5, 5.41) is 18.2. The summed E-state index contributed by atoms with van der Waals surface area (Å²) in [5.41, 5.74) is 26.1. The molecule has 0 aliphatic heterocycles. The Kier molecular flexibility index (Phi) is 13.8. The Balaban J connectivity index is 1.93. The van der Waals surface area contributed by atoms with E-state index in [0.29, 0.717) is 25.9 Å². The second-order valence-corrected chi connectivity index (χ2v) is 10.0. The summed E-state index contributed by atoms with van der Waals surface area (Å²) in [6.45, 7) is 0.806. The van der Waals surface area contributed by atoms with E-state index in [1.165, 1.54) is 12.2 Å². The van der Waals surface area contributed by atoms with Crippen molar-refractivity contribution in [3.05, 3.63) is 82.9 Å². The summed E-state index contributed by atoms with van der Waals surface area (Å²) in [6.07, 6.45) is 7.43. The molecule has 4 unspecified atom stereocenters. The van der Waals surface area contributed by atoms with Crippen LogP contribution < -0.4 is 22.9 Å². The van der Waals surface area contributed by atoms with Crippen molar-refractivity contribution in [1.82, 2.24) is 0 Å². The van der Waals surface area contributed by atoms with Gasteiger partial charge in [0, 0.05) is 0 Å². The van der Waals surface area contributed by atoms with Crippen LogP contribution in [0.4, 0.5) is 0 Å². The van der Waals surface area contributed by atoms with Crippen LogP contribution in [-0.4, -0.2) is 58.9 Å². The summed E-state index contributed by atoms with van der Waals surface area (Å²) in [7, 11) is 0. The second-order valence-electron chi connectivity index (χ2n) is 10.0. The standard InChI is InChI=1S/C31H40N4O6/c32-15-13-24(17-28(34)30(38)39)22-7-1-20(2-8-22)5-11-26(36)19-27(37)12-6-21-3-9-23(10-4-21)25(14-16-33)18-29(35)31(40)41/h1-12,24-25,28-29H,13-19,32-35H2,(H,38,39)(H,40,41). The highest BCUT2D eigenvalue weighted by molar-refractivity contribution is 6.10. The van der Waals surface area contributed by atoms with Crippen molar-refractivity contribution >= 4 is 35.7 Å². The minimum atomic E-state index is -1.06. The molecule has 0 radical (unpaired) electrons. The lowest BCUT2D eigenvalue weighted by molar-refractivity contribution is -0.139. The largest absolute Gasteiger partial charge is 0.480 e. The van der Waals surface area contributed by atoms with Gasteiger partial charge >= 0.3 is 11.9 Å². The molecule has 4 atom stereocenters. The maximum Gasteiger partial charge on any atom is 0.320 e. The molecular formula is C31H40N4O6. The minimum absolute atomic E-state index is 0.0889. The highest BCUT2D eigenvalue weighted by Crippen LogP contribution is 2.26. The van der Waals surface area contributed by atoms with Crippen LogP contribution in [-0.2, 0) is 19.2 Å². The summed E-state index contributed by atoms with van der Waals surface area (Å²) >= 11 is 0. The molecule has 41 heavy (non-hydrogen) atoms. The fourth-order valence-electron chi connectivity index (χ4n) is 4.48. The SMILES string of the molecule is NCCC(CC(N)C(=O)O)c1ccc(C=CC(=O)CC(=O)C=Cc2ccc(C(CCN)CC(N)C(=O)O)cc2)cc1. The summed E-state index contributed by atoms with van der Waals surface area (Å²) in [4.78, 5) is 46.9. The molecule has 220 valence electrons. The van der Waals surface area contributed by atoms with Gasteiger partial charge in [0.05, 0.1) is 6.42 Å². The summed E-state index contributed by atoms with van der Waals surface area (Å²) in [5.74, 6) is -2.97. The number of carbonyl (C=O) groups is 4. The first-order valence-corrected chi connectivity index (χ1v) is 13.5. The first-order valence-electron chi connectivity index (χ1n) is 13.5. The Morgan fingerprint density at radius 3 is 1.27 bits per heavy atom. The van der Waals surface area contributed by atoms with Gasteiger partial charge in [-0.25, -0.2) is 0 Å². The summed E-state index contributed by atoms with van der Waals surface area (Å²) < 4.78 is 0. The van der Waals surface area contributed by atoms with Crippen molar-refractivity contribution in [1.29, 1.82) is 0 Å². The lowest BCUT2D eigenvalue weighted by atomic mass is 9.89. The van der Waals surface area contributed by atoms with Gasteiger partial charge in [-0.05, 0) is 85.0 Å². The van der Waals surface area contributed by atoms with E-state index in [0.717, 1.165) is 22.3 Å². The zero-order valence-corrected chi connectivity index (χ0v) is 23.0. The number of carboxylic acid groups (broad SMARTS) is 2. The van der Waals surface area contributed by atoms with Gasteiger partial charge in [0.2, 0.25) is 0 Å². The van der Waals surface area contributed by atoms with Crippen LogP contribution in [0.3, 0.4) is 0 Å². The predicted molar refractivity (Wildman–Crippen MR) is 159 cm³/mol. The Hall–Kier alpha value is -3.96. The number of ketones is 2. The second kappa shape index (κ2) is 17.0. The third kappa shape index (κ3) is 11.6. The molecule has 10 heteroatoms. The Labute approximate surface area is 240 Å². The number of hydrogen-bond acceptors (Lipinski definition) is 8. The molecule has 0 saturated carbocycles. The molecule has 0 heterocycles. The van der Waals surface area contributed by atoms with Gasteiger partial charge in [0.15, 0.2) is 11.6 Å². The minimum Gasteiger partial charge on any atom is -0.480 e. The van der Waals surface area contributed by atoms with Gasteiger partial charge in [-0.3, -0.25) is 19.2 Å². The molecule has 0 amide bonds. The first kappa shape index (κ1) is 33.2. The van der Waals surface area contributed by atoms with Crippen molar-refractivity contribution in [2.45, 2.75) is 56.0 Å². The molecule has 0 spiro atoms. The topological polar surface area (TPSA) is 213 Å². The van der Waals surface area contributed by atoms with E-state index in [9.17, 15) is 19.2 Å². The zero-order valence-electron chi connectivity index (χ0n) is 23.0. The van der Waals surface area contributed by atoms with Gasteiger partial charge < -0.3 is 33.1 Å². The van der Waals surface area contributed by atoms with Gasteiger partial charge in [-0.1, -0.05) is 60.7 Å². The lowest BCUT2D eigenvalue weighted by Gasteiger charge is -2.19. The molecule has 0 aromatic heterocycles. The van der Waals surface area contributed by atoms with E-state index in [1.54, 1.807) is 12.2 Å². The van der Waals surface area contributed by atoms with E-state index in [-0.39, 0.29) is 42.7 Å². The number of benzene rings is 2. The van der Waals surface area contributed by atoms with Crippen LogP contribution in [0.2, 0.25) is 0 Å². The number of aliphatic carboxylic acids is 2. The van der Waals surface area contributed by atoms with Crippen LogP contribution in [0.1, 0.15) is 66.2 Å². The van der Waals surface area contributed by atoms with Gasteiger partial charge in [-0.2, -0.15) is 0 Å². The number of carboxylic acids is 2. The number of hydrogen-bond donors (Lipinski definition) is 6. The van der Waals surface area contributed by atoms with Crippen LogP contribution in [0.5, 0.6) is 0 Å². The summed E-state index contributed by atoms with van der Waals surface area (Å²) in [6, 6.07) is 12.7. The molecule has 0 bridgehead atoms. The van der Waals surface area contributed by atoms with E-state index < -0.39 is 24.0 Å². The quantitative estimate of drug-likeness (QED) is 0.115. The maximum atomic E-state index is 12.3. The normalized spacial score (nSPS) is 14.5. The third-order valence-electron chi connectivity index (χ3n) is 6.83. The molecule has 2 rings (SSSR count). The number of carbonyl (C=O) groups excluding carboxylic acids is 2. The van der Waals surface area contributed by atoms with Gasteiger partial charge in [0.25, 0.3) is 0 Å². The molecule has 2 aromatic rings. The fourth-order valence-corrected chi connectivity index (χ4v) is 4.48. The average molecular weight is 565 g/mol. The number of allylic oxidation sites excluding steroid dienone is 2. The van der Waals surface area contributed by atoms with Crippen molar-refractivity contribution in [3.8, 4) is 0 Å². The number of rotatable bonds is 18.